The standard InChI is InChI=1S/C11H23O5P/c1-4-15-17(12,16-5-2)10-6-7-11(3)13-8-9-14-11/h4-10H2,1-3H3/i3+1,6+1,7+1,10+1,11+1. The minimum atomic E-state index is -2.92. The third-order valence-corrected chi connectivity index (χ3v) is 4.78. The first-order valence-electron chi connectivity index (χ1n) is 6.19. The van der Waals surface area contributed by atoms with Crippen LogP contribution in [0.25, 0.3) is 0 Å². The fourth-order valence-electron chi connectivity index (χ4n) is 1.85. The summed E-state index contributed by atoms with van der Waals surface area (Å²) >= 11 is 0. The van der Waals surface area contributed by atoms with Crippen molar-refractivity contribution in [2.24, 2.45) is 0 Å². The van der Waals surface area contributed by atoms with Crippen LogP contribution in [-0.4, -0.2) is 38.4 Å². The summed E-state index contributed by atoms with van der Waals surface area (Å²) in [7, 11) is -2.92. The van der Waals surface area contributed by atoms with Crippen LogP contribution in [-0.2, 0) is 23.1 Å². The van der Waals surface area contributed by atoms with E-state index in [2.05, 4.69) is 0 Å². The largest absolute Gasteiger partial charge is 0.348 e. The Hall–Kier alpha value is 0.0700. The van der Waals surface area contributed by atoms with E-state index < -0.39 is 13.4 Å². The summed E-state index contributed by atoms with van der Waals surface area (Å²) in [6.45, 7) is 7.61. The summed E-state index contributed by atoms with van der Waals surface area (Å²) in [5.41, 5.74) is 0. The molecule has 1 aliphatic rings. The minimum absolute atomic E-state index is 0.404. The zero-order chi connectivity index (χ0) is 12.8. The molecule has 0 atom stereocenters. The highest BCUT2D eigenvalue weighted by atomic mass is 31.2. The zero-order valence-corrected chi connectivity index (χ0v) is 11.8. The van der Waals surface area contributed by atoms with Gasteiger partial charge in [0.05, 0.1) is 32.6 Å². The Morgan fingerprint density at radius 2 is 1.71 bits per heavy atom. The average Bonchev–Trinajstić information content (AvgIpc) is 2.66. The maximum absolute atomic E-state index is 12.2. The maximum Gasteiger partial charge on any atom is 0.330 e. The molecular formula is C11H23O5P. The number of rotatable bonds is 8. The van der Waals surface area contributed by atoms with Crippen molar-refractivity contribution in [3.8, 4) is 0 Å². The van der Waals surface area contributed by atoms with Crippen LogP contribution in [0, 0.1) is 0 Å². The highest BCUT2D eigenvalue weighted by molar-refractivity contribution is 7.53. The van der Waals surface area contributed by atoms with Gasteiger partial charge >= 0.3 is 7.60 Å². The third-order valence-electron chi connectivity index (χ3n) is 2.61. The summed E-state index contributed by atoms with van der Waals surface area (Å²) in [4.78, 5) is 0. The molecule has 0 saturated carbocycles. The van der Waals surface area contributed by atoms with Crippen molar-refractivity contribution in [2.75, 3.05) is 32.6 Å². The van der Waals surface area contributed by atoms with Crippen molar-refractivity contribution in [1.82, 2.24) is 0 Å². The van der Waals surface area contributed by atoms with Gasteiger partial charge in [-0.1, -0.05) is 0 Å². The van der Waals surface area contributed by atoms with Crippen molar-refractivity contribution in [3.63, 3.8) is 0 Å². The second-order valence-corrected chi connectivity index (χ2v) is 6.29. The lowest BCUT2D eigenvalue weighted by Crippen LogP contribution is -2.25. The van der Waals surface area contributed by atoms with E-state index in [-0.39, 0.29) is 0 Å². The normalized spacial score (nSPS) is 19.7. The molecule has 17 heavy (non-hydrogen) atoms. The third kappa shape index (κ3) is 5.06. The van der Waals surface area contributed by atoms with Crippen LogP contribution < -0.4 is 0 Å². The van der Waals surface area contributed by atoms with E-state index >= 15 is 0 Å². The molecule has 0 unspecified atom stereocenters. The molecule has 0 amide bonds. The second kappa shape index (κ2) is 6.86. The SMILES string of the molecule is CCOP(=O)([13CH2][13CH2][13CH2][13C]1([13CH3])OCCO1)OCC. The lowest BCUT2D eigenvalue weighted by molar-refractivity contribution is -0.146. The number of hydrogen-bond acceptors (Lipinski definition) is 5. The first kappa shape index (κ1) is 15.1. The van der Waals surface area contributed by atoms with Crippen molar-refractivity contribution in [1.29, 1.82) is 0 Å². The Bertz CT molecular complexity index is 253. The highest BCUT2D eigenvalue weighted by Crippen LogP contribution is 2.49. The molecule has 0 aliphatic carbocycles. The van der Waals surface area contributed by atoms with E-state index in [1.54, 1.807) is 0 Å². The van der Waals surface area contributed by atoms with E-state index in [0.717, 1.165) is 0 Å². The topological polar surface area (TPSA) is 54.0 Å². The second-order valence-electron chi connectivity index (χ2n) is 4.10. The van der Waals surface area contributed by atoms with E-state index in [9.17, 15) is 4.57 Å². The first-order valence-corrected chi connectivity index (χ1v) is 7.92. The Balaban J connectivity index is 2.34. The lowest BCUT2D eigenvalue weighted by atomic mass is 10.8. The zero-order valence-electron chi connectivity index (χ0n) is 10.9. The van der Waals surface area contributed by atoms with Crippen LogP contribution in [0.3, 0.4) is 0 Å². The van der Waals surface area contributed by atoms with E-state index in [1.807, 2.05) is 20.8 Å². The summed E-state index contributed by atoms with van der Waals surface area (Å²) in [6, 6.07) is 0. The molecule has 1 aliphatic heterocycles. The predicted octanol–water partition coefficient (Wildman–Crippen LogP) is 2.80. The number of ether oxygens (including phenoxy) is 2. The van der Waals surface area contributed by atoms with Gasteiger partial charge in [0.15, 0.2) is 5.79 Å². The van der Waals surface area contributed by atoms with E-state index in [4.69, 9.17) is 18.5 Å². The van der Waals surface area contributed by atoms with Crippen molar-refractivity contribution < 1.29 is 23.1 Å². The Morgan fingerprint density at radius 1 is 1.18 bits per heavy atom. The smallest absolute Gasteiger partial charge is 0.330 e. The van der Waals surface area contributed by atoms with Crippen LogP contribution in [0.5, 0.6) is 0 Å². The molecule has 1 rings (SSSR count). The van der Waals surface area contributed by atoms with Gasteiger partial charge in [-0.2, -0.15) is 0 Å². The van der Waals surface area contributed by atoms with Gasteiger partial charge in [-0.3, -0.25) is 4.57 Å². The van der Waals surface area contributed by atoms with E-state index in [0.29, 0.717) is 45.4 Å². The molecule has 102 valence electrons. The highest BCUT2D eigenvalue weighted by Gasteiger charge is 2.32. The summed E-state index contributed by atoms with van der Waals surface area (Å²) in [6.07, 6.45) is 1.82. The molecule has 0 aromatic rings. The fraction of sp³-hybridized carbons (Fsp3) is 1.00. The molecule has 1 fully saturated rings. The van der Waals surface area contributed by atoms with Gasteiger partial charge in [0, 0.05) is 6.42 Å². The van der Waals surface area contributed by atoms with E-state index in [1.165, 1.54) is 0 Å². The van der Waals surface area contributed by atoms with Gasteiger partial charge in [-0.05, 0) is 27.2 Å². The molecule has 0 aromatic carbocycles. The Kier molecular flexibility index (Phi) is 6.10. The molecule has 0 radical (unpaired) electrons. The lowest BCUT2D eigenvalue weighted by Gasteiger charge is -2.23. The van der Waals surface area contributed by atoms with Crippen LogP contribution in [0.1, 0.15) is 33.6 Å². The molecule has 1 heterocycles. The molecule has 1 saturated heterocycles. The number of hydrogen-bond donors (Lipinski definition) is 0. The van der Waals surface area contributed by atoms with Crippen LogP contribution in [0.2, 0.25) is 0 Å². The van der Waals surface area contributed by atoms with Crippen LogP contribution in [0.4, 0.5) is 0 Å². The van der Waals surface area contributed by atoms with Crippen molar-refractivity contribution in [3.05, 3.63) is 0 Å². The molecule has 0 N–H and O–H groups in total. The van der Waals surface area contributed by atoms with Crippen molar-refractivity contribution in [2.45, 2.75) is 39.4 Å². The predicted molar refractivity (Wildman–Crippen MR) is 65.3 cm³/mol. The van der Waals surface area contributed by atoms with Crippen LogP contribution >= 0.6 is 7.60 Å². The molecule has 5 nitrogen and oxygen atoms in total. The molecular weight excluding hydrogens is 248 g/mol. The fourth-order valence-corrected chi connectivity index (χ4v) is 3.52. The van der Waals surface area contributed by atoms with Crippen LogP contribution in [0.15, 0.2) is 0 Å². The van der Waals surface area contributed by atoms with Gasteiger partial charge in [0.1, 0.15) is 0 Å². The van der Waals surface area contributed by atoms with Gasteiger partial charge in [0.2, 0.25) is 0 Å². The van der Waals surface area contributed by atoms with Gasteiger partial charge < -0.3 is 18.5 Å². The van der Waals surface area contributed by atoms with Crippen molar-refractivity contribution >= 4 is 7.60 Å². The minimum Gasteiger partial charge on any atom is -0.348 e. The maximum atomic E-state index is 12.2. The van der Waals surface area contributed by atoms with Gasteiger partial charge in [-0.25, -0.2) is 0 Å². The van der Waals surface area contributed by atoms with Gasteiger partial charge in [-0.15, -0.1) is 0 Å². The first-order chi connectivity index (χ1) is 8.04. The molecule has 0 bridgehead atoms. The molecule has 0 spiro atoms. The molecule has 6 heteroatoms. The Labute approximate surface area is 103 Å². The molecule has 0 aromatic heterocycles. The van der Waals surface area contributed by atoms with Gasteiger partial charge in [0.25, 0.3) is 0 Å². The Morgan fingerprint density at radius 3 is 2.18 bits per heavy atom. The quantitative estimate of drug-likeness (QED) is 0.502. The average molecular weight is 271 g/mol. The summed E-state index contributed by atoms with van der Waals surface area (Å²) < 4.78 is 33.6. The summed E-state index contributed by atoms with van der Waals surface area (Å²) in [5, 5.41) is 0. The summed E-state index contributed by atoms with van der Waals surface area (Å²) in [5.74, 6) is -0.525. The monoisotopic (exact) mass is 271 g/mol.